The molecule has 36 heavy (non-hydrogen) atoms. The van der Waals surface area contributed by atoms with Gasteiger partial charge in [-0.2, -0.15) is 0 Å². The minimum Gasteiger partial charge on any atom is -0.506 e. The van der Waals surface area contributed by atoms with E-state index in [1.54, 1.807) is 6.07 Å². The predicted molar refractivity (Wildman–Crippen MR) is 143 cm³/mol. The van der Waals surface area contributed by atoms with Crippen LogP contribution in [0.25, 0.3) is 0 Å². The molecule has 0 saturated heterocycles. The molecular formula is C27H33N3O5S. The minimum absolute atomic E-state index is 0.0190. The Kier molecular flexibility index (Phi) is 9.08. The van der Waals surface area contributed by atoms with Crippen LogP contribution in [0, 0.1) is 0 Å². The summed E-state index contributed by atoms with van der Waals surface area (Å²) in [6.07, 6.45) is 0.391. The molecule has 3 atom stereocenters. The second-order valence-corrected chi connectivity index (χ2v) is 10.8. The number of hydrogen-bond donors (Lipinski definition) is 5. The molecule has 8 nitrogen and oxygen atoms in total. The number of rotatable bonds is 11. The standard InChI is InChI=1S/C27H33N3O5S/c1-18(21-9-12-23(13-10-21)29-26(32)15-20-7-5-4-6-8-20)17-28-19(2)27(33)22-11-14-25(31)24(16-22)30-36(3,34)35/h4-14,16,18-19,27-28,30-31,33H,15,17H2,1-3H3,(H,29,32). The molecule has 5 N–H and O–H groups in total. The summed E-state index contributed by atoms with van der Waals surface area (Å²) in [4.78, 5) is 12.3. The SMILES string of the molecule is CC(CNC(C)C(O)c1ccc(O)c(NS(C)(=O)=O)c1)c1ccc(NC(=O)Cc2ccccc2)cc1. The highest BCUT2D eigenvalue weighted by Crippen LogP contribution is 2.29. The van der Waals surface area contributed by atoms with E-state index in [9.17, 15) is 23.4 Å². The van der Waals surface area contributed by atoms with Crippen molar-refractivity contribution in [2.75, 3.05) is 22.8 Å². The van der Waals surface area contributed by atoms with Crippen molar-refractivity contribution in [2.24, 2.45) is 0 Å². The van der Waals surface area contributed by atoms with E-state index in [1.165, 1.54) is 12.1 Å². The van der Waals surface area contributed by atoms with Crippen LogP contribution < -0.4 is 15.4 Å². The van der Waals surface area contributed by atoms with E-state index in [0.29, 0.717) is 18.5 Å². The average Bonchev–Trinajstić information content (AvgIpc) is 2.83. The zero-order chi connectivity index (χ0) is 26.3. The van der Waals surface area contributed by atoms with Gasteiger partial charge < -0.3 is 20.8 Å². The van der Waals surface area contributed by atoms with E-state index in [2.05, 4.69) is 22.3 Å². The summed E-state index contributed by atoms with van der Waals surface area (Å²) in [7, 11) is -3.57. The Morgan fingerprint density at radius 2 is 1.58 bits per heavy atom. The molecule has 3 aromatic carbocycles. The third kappa shape index (κ3) is 8.08. The second kappa shape index (κ2) is 12.0. The number of phenols is 1. The number of aliphatic hydroxyl groups excluding tert-OH is 1. The van der Waals surface area contributed by atoms with Crippen LogP contribution in [-0.4, -0.2) is 43.4 Å². The van der Waals surface area contributed by atoms with Crippen LogP contribution >= 0.6 is 0 Å². The topological polar surface area (TPSA) is 128 Å². The van der Waals surface area contributed by atoms with Gasteiger partial charge in [0.15, 0.2) is 0 Å². The number of aliphatic hydroxyl groups is 1. The fourth-order valence-corrected chi connectivity index (χ4v) is 4.34. The first kappa shape index (κ1) is 27.2. The molecule has 0 aliphatic rings. The monoisotopic (exact) mass is 511 g/mol. The van der Waals surface area contributed by atoms with Crippen LogP contribution in [0.3, 0.4) is 0 Å². The molecule has 0 radical (unpaired) electrons. The molecule has 0 spiro atoms. The van der Waals surface area contributed by atoms with E-state index >= 15 is 0 Å². The van der Waals surface area contributed by atoms with Crippen LogP contribution in [0.5, 0.6) is 5.75 Å². The van der Waals surface area contributed by atoms with Gasteiger partial charge in [-0.15, -0.1) is 0 Å². The molecule has 192 valence electrons. The van der Waals surface area contributed by atoms with E-state index in [0.717, 1.165) is 23.1 Å². The molecule has 0 saturated carbocycles. The van der Waals surface area contributed by atoms with Crippen molar-refractivity contribution in [3.05, 3.63) is 89.5 Å². The maximum Gasteiger partial charge on any atom is 0.229 e. The molecule has 9 heteroatoms. The fourth-order valence-electron chi connectivity index (χ4n) is 3.78. The van der Waals surface area contributed by atoms with Crippen LogP contribution in [0.15, 0.2) is 72.8 Å². The normalized spacial score (nSPS) is 14.0. The first-order valence-corrected chi connectivity index (χ1v) is 13.6. The maximum atomic E-state index is 12.3. The molecule has 0 heterocycles. The molecule has 3 aromatic rings. The van der Waals surface area contributed by atoms with Crippen LogP contribution in [0.4, 0.5) is 11.4 Å². The fraction of sp³-hybridized carbons (Fsp3) is 0.296. The van der Waals surface area contributed by atoms with E-state index < -0.39 is 16.1 Å². The number of hydrogen-bond acceptors (Lipinski definition) is 6. The summed E-state index contributed by atoms with van der Waals surface area (Å²) in [6.45, 7) is 4.48. The van der Waals surface area contributed by atoms with E-state index in [-0.39, 0.29) is 29.3 Å². The molecule has 0 aliphatic heterocycles. The molecule has 0 aliphatic carbocycles. The highest BCUT2D eigenvalue weighted by atomic mass is 32.2. The predicted octanol–water partition coefficient (Wildman–Crippen LogP) is 3.76. The van der Waals surface area contributed by atoms with Crippen LogP contribution in [0.1, 0.15) is 42.6 Å². The smallest absolute Gasteiger partial charge is 0.229 e. The lowest BCUT2D eigenvalue weighted by molar-refractivity contribution is -0.115. The van der Waals surface area contributed by atoms with Crippen molar-refractivity contribution >= 4 is 27.3 Å². The lowest BCUT2D eigenvalue weighted by atomic mass is 9.98. The van der Waals surface area contributed by atoms with E-state index in [1.807, 2.05) is 61.5 Å². The Hall–Kier alpha value is -3.40. The number of sulfonamides is 1. The van der Waals surface area contributed by atoms with Crippen molar-refractivity contribution in [1.29, 1.82) is 0 Å². The van der Waals surface area contributed by atoms with Gasteiger partial charge in [-0.3, -0.25) is 9.52 Å². The summed E-state index contributed by atoms with van der Waals surface area (Å²) < 4.78 is 25.3. The molecule has 0 aromatic heterocycles. The largest absolute Gasteiger partial charge is 0.506 e. The number of anilines is 2. The summed E-state index contributed by atoms with van der Waals surface area (Å²) in [5.41, 5.74) is 3.26. The highest BCUT2D eigenvalue weighted by molar-refractivity contribution is 7.92. The van der Waals surface area contributed by atoms with Gasteiger partial charge in [0.05, 0.1) is 24.5 Å². The molecular weight excluding hydrogens is 478 g/mol. The van der Waals surface area contributed by atoms with Gasteiger partial charge in [0.1, 0.15) is 5.75 Å². The Morgan fingerprint density at radius 1 is 0.944 bits per heavy atom. The lowest BCUT2D eigenvalue weighted by Crippen LogP contribution is -2.34. The van der Waals surface area contributed by atoms with Crippen molar-refractivity contribution in [3.8, 4) is 5.75 Å². The molecule has 3 rings (SSSR count). The molecule has 1 amide bonds. The van der Waals surface area contributed by atoms with E-state index in [4.69, 9.17) is 0 Å². The maximum absolute atomic E-state index is 12.3. The summed E-state index contributed by atoms with van der Waals surface area (Å²) >= 11 is 0. The minimum atomic E-state index is -3.57. The zero-order valence-electron chi connectivity index (χ0n) is 20.6. The lowest BCUT2D eigenvalue weighted by Gasteiger charge is -2.23. The Labute approximate surface area is 212 Å². The van der Waals surface area contributed by atoms with Crippen molar-refractivity contribution in [1.82, 2.24) is 5.32 Å². The van der Waals surface area contributed by atoms with Gasteiger partial charge in [0.25, 0.3) is 0 Å². The van der Waals surface area contributed by atoms with Gasteiger partial charge in [-0.05, 0) is 53.8 Å². The third-order valence-electron chi connectivity index (χ3n) is 5.85. The van der Waals surface area contributed by atoms with Gasteiger partial charge in [-0.25, -0.2) is 8.42 Å². The van der Waals surface area contributed by atoms with Crippen LogP contribution in [0.2, 0.25) is 0 Å². The summed E-state index contributed by atoms with van der Waals surface area (Å²) in [5.74, 6) is -0.156. The first-order chi connectivity index (χ1) is 17.0. The van der Waals surface area contributed by atoms with Gasteiger partial charge in [0.2, 0.25) is 15.9 Å². The van der Waals surface area contributed by atoms with Gasteiger partial charge >= 0.3 is 0 Å². The Balaban J connectivity index is 1.53. The molecule has 0 fully saturated rings. The zero-order valence-corrected chi connectivity index (χ0v) is 21.4. The number of amides is 1. The van der Waals surface area contributed by atoms with Crippen LogP contribution in [-0.2, 0) is 21.2 Å². The number of phenolic OH excluding ortho intramolecular Hbond substituents is 1. The quantitative estimate of drug-likeness (QED) is 0.250. The second-order valence-electron chi connectivity index (χ2n) is 9.03. The van der Waals surface area contributed by atoms with Crippen molar-refractivity contribution in [3.63, 3.8) is 0 Å². The number of nitrogens with one attached hydrogen (secondary N) is 3. The average molecular weight is 512 g/mol. The first-order valence-electron chi connectivity index (χ1n) is 11.7. The summed E-state index contributed by atoms with van der Waals surface area (Å²) in [6, 6.07) is 21.2. The molecule has 0 bridgehead atoms. The summed E-state index contributed by atoms with van der Waals surface area (Å²) in [5, 5.41) is 26.9. The highest BCUT2D eigenvalue weighted by Gasteiger charge is 2.19. The number of aromatic hydroxyl groups is 1. The molecule has 3 unspecified atom stereocenters. The van der Waals surface area contributed by atoms with Gasteiger partial charge in [-0.1, -0.05) is 55.5 Å². The Morgan fingerprint density at radius 3 is 2.22 bits per heavy atom. The van der Waals surface area contributed by atoms with Gasteiger partial charge in [0, 0.05) is 18.3 Å². The van der Waals surface area contributed by atoms with Crippen molar-refractivity contribution in [2.45, 2.75) is 38.3 Å². The Bertz CT molecular complexity index is 1260. The number of benzene rings is 3. The number of carbonyl (C=O) groups excluding carboxylic acids is 1. The van der Waals surface area contributed by atoms with Crippen molar-refractivity contribution < 1.29 is 23.4 Å². The third-order valence-corrected chi connectivity index (χ3v) is 6.44. The number of carbonyl (C=O) groups is 1.